The third-order valence-electron chi connectivity index (χ3n) is 3.57. The van der Waals surface area contributed by atoms with E-state index in [1.165, 1.54) is 0 Å². The Kier molecular flexibility index (Phi) is 4.12. The molecule has 0 atom stereocenters. The first kappa shape index (κ1) is 14.2. The van der Waals surface area contributed by atoms with Gasteiger partial charge in [-0.1, -0.05) is 48.5 Å². The highest BCUT2D eigenvalue weighted by Crippen LogP contribution is 2.27. The molecule has 3 N–H and O–H groups in total. The third-order valence-corrected chi connectivity index (χ3v) is 3.57. The number of fused-ring (bicyclic) bond motifs is 2. The molecule has 0 aliphatic carbocycles. The molecule has 0 spiro atoms. The van der Waals surface area contributed by atoms with Crippen molar-refractivity contribution in [3.05, 3.63) is 60.2 Å². The van der Waals surface area contributed by atoms with Gasteiger partial charge < -0.3 is 5.73 Å². The molecule has 0 unspecified atom stereocenters. The monoisotopic (exact) mass is 291 g/mol. The Balaban J connectivity index is 2.08. The molecule has 0 saturated heterocycles. The van der Waals surface area contributed by atoms with Crippen LogP contribution < -0.4 is 11.2 Å². The molecule has 110 valence electrons. The van der Waals surface area contributed by atoms with Crippen molar-refractivity contribution in [3.8, 4) is 0 Å². The summed E-state index contributed by atoms with van der Waals surface area (Å²) in [6.07, 6.45) is 1.98. The number of nitrogens with one attached hydrogen (secondary N) is 1. The van der Waals surface area contributed by atoms with E-state index in [0.29, 0.717) is 6.54 Å². The SMILES string of the molecule is NCCC(=O)NN=Cc1c2ccccc2cc2ccccc12. The van der Waals surface area contributed by atoms with Gasteiger partial charge in [0, 0.05) is 18.5 Å². The number of carbonyl (C=O) groups excluding carboxylic acids is 1. The Labute approximate surface area is 128 Å². The standard InChI is InChI=1S/C18H17N3O/c19-10-9-18(22)21-20-12-17-15-7-3-1-5-13(15)11-14-6-2-4-8-16(14)17/h1-8,11-12H,9-10,19H2,(H,21,22). The summed E-state index contributed by atoms with van der Waals surface area (Å²) in [5, 5.41) is 8.60. The first-order chi connectivity index (χ1) is 10.8. The largest absolute Gasteiger partial charge is 0.330 e. The molecular weight excluding hydrogens is 274 g/mol. The number of carbonyl (C=O) groups is 1. The summed E-state index contributed by atoms with van der Waals surface area (Å²) in [5.41, 5.74) is 8.86. The zero-order valence-electron chi connectivity index (χ0n) is 12.1. The highest BCUT2D eigenvalue weighted by molar-refractivity contribution is 6.13. The summed E-state index contributed by atoms with van der Waals surface area (Å²) in [6.45, 7) is 0.318. The van der Waals surface area contributed by atoms with Gasteiger partial charge >= 0.3 is 0 Å². The smallest absolute Gasteiger partial charge is 0.241 e. The highest BCUT2D eigenvalue weighted by Gasteiger charge is 2.05. The van der Waals surface area contributed by atoms with E-state index in [1.807, 2.05) is 24.3 Å². The number of benzene rings is 3. The van der Waals surface area contributed by atoms with Crippen molar-refractivity contribution in [3.63, 3.8) is 0 Å². The molecule has 0 aliphatic rings. The Morgan fingerprint density at radius 1 is 1.05 bits per heavy atom. The summed E-state index contributed by atoms with van der Waals surface area (Å²) >= 11 is 0. The van der Waals surface area contributed by atoms with Crippen molar-refractivity contribution >= 4 is 33.7 Å². The fourth-order valence-electron chi connectivity index (χ4n) is 2.54. The van der Waals surface area contributed by atoms with Crippen LogP contribution in [-0.2, 0) is 4.79 Å². The zero-order chi connectivity index (χ0) is 15.4. The van der Waals surface area contributed by atoms with E-state index >= 15 is 0 Å². The molecule has 3 rings (SSSR count). The Hall–Kier alpha value is -2.72. The quantitative estimate of drug-likeness (QED) is 0.441. The average Bonchev–Trinajstić information content (AvgIpc) is 2.54. The van der Waals surface area contributed by atoms with Gasteiger partial charge in [0.1, 0.15) is 0 Å². The lowest BCUT2D eigenvalue weighted by atomic mass is 9.97. The van der Waals surface area contributed by atoms with Gasteiger partial charge in [-0.05, 0) is 27.6 Å². The molecule has 0 bridgehead atoms. The van der Waals surface area contributed by atoms with Crippen molar-refractivity contribution in [1.29, 1.82) is 0 Å². The zero-order valence-corrected chi connectivity index (χ0v) is 12.1. The van der Waals surface area contributed by atoms with Crippen LogP contribution >= 0.6 is 0 Å². The summed E-state index contributed by atoms with van der Waals surface area (Å²) in [7, 11) is 0. The molecule has 22 heavy (non-hydrogen) atoms. The van der Waals surface area contributed by atoms with Crippen LogP contribution in [0.1, 0.15) is 12.0 Å². The van der Waals surface area contributed by atoms with Gasteiger partial charge in [0.25, 0.3) is 0 Å². The number of hydrazone groups is 1. The molecule has 0 saturated carbocycles. The summed E-state index contributed by atoms with van der Waals surface area (Å²) in [4.78, 5) is 11.5. The van der Waals surface area contributed by atoms with Crippen molar-refractivity contribution in [2.75, 3.05) is 6.54 Å². The predicted octanol–water partition coefficient (Wildman–Crippen LogP) is 2.79. The molecule has 0 aliphatic heterocycles. The number of nitrogens with two attached hydrogens (primary N) is 1. The van der Waals surface area contributed by atoms with Gasteiger partial charge in [-0.15, -0.1) is 0 Å². The Morgan fingerprint density at radius 3 is 2.23 bits per heavy atom. The number of hydrogen-bond acceptors (Lipinski definition) is 3. The van der Waals surface area contributed by atoms with Crippen molar-refractivity contribution in [1.82, 2.24) is 5.43 Å². The maximum Gasteiger partial charge on any atom is 0.241 e. The Bertz CT molecular complexity index is 801. The minimum absolute atomic E-state index is 0.178. The molecule has 4 nitrogen and oxygen atoms in total. The minimum Gasteiger partial charge on any atom is -0.330 e. The van der Waals surface area contributed by atoms with Gasteiger partial charge in [-0.25, -0.2) is 5.43 Å². The maximum absolute atomic E-state index is 11.5. The first-order valence-electron chi connectivity index (χ1n) is 7.22. The van der Waals surface area contributed by atoms with Crippen LogP contribution in [0.4, 0.5) is 0 Å². The molecule has 0 heterocycles. The Morgan fingerprint density at radius 2 is 1.64 bits per heavy atom. The highest BCUT2D eigenvalue weighted by atomic mass is 16.2. The lowest BCUT2D eigenvalue weighted by molar-refractivity contribution is -0.120. The van der Waals surface area contributed by atoms with Crippen LogP contribution in [0.25, 0.3) is 21.5 Å². The number of hydrogen-bond donors (Lipinski definition) is 2. The summed E-state index contributed by atoms with van der Waals surface area (Å²) < 4.78 is 0. The van der Waals surface area contributed by atoms with E-state index < -0.39 is 0 Å². The number of nitrogens with zero attached hydrogens (tertiary/aromatic N) is 1. The van der Waals surface area contributed by atoms with E-state index in [1.54, 1.807) is 6.21 Å². The third kappa shape index (κ3) is 2.82. The first-order valence-corrected chi connectivity index (χ1v) is 7.22. The van der Waals surface area contributed by atoms with Gasteiger partial charge in [0.05, 0.1) is 6.21 Å². The van der Waals surface area contributed by atoms with Crippen LogP contribution in [0.2, 0.25) is 0 Å². The lowest BCUT2D eigenvalue weighted by Gasteiger charge is -2.07. The molecule has 0 fully saturated rings. The summed E-state index contributed by atoms with van der Waals surface area (Å²) in [6, 6.07) is 18.5. The van der Waals surface area contributed by atoms with Crippen molar-refractivity contribution in [2.24, 2.45) is 10.8 Å². The van der Waals surface area contributed by atoms with Crippen LogP contribution in [0.5, 0.6) is 0 Å². The van der Waals surface area contributed by atoms with Gasteiger partial charge in [0.2, 0.25) is 5.91 Å². The van der Waals surface area contributed by atoms with E-state index in [2.05, 4.69) is 40.9 Å². The van der Waals surface area contributed by atoms with Crippen LogP contribution in [0.3, 0.4) is 0 Å². The van der Waals surface area contributed by atoms with E-state index in [0.717, 1.165) is 27.1 Å². The molecule has 0 aromatic heterocycles. The molecule has 3 aromatic rings. The van der Waals surface area contributed by atoms with E-state index in [4.69, 9.17) is 5.73 Å². The summed E-state index contributed by atoms with van der Waals surface area (Å²) in [5.74, 6) is -0.178. The van der Waals surface area contributed by atoms with Crippen molar-refractivity contribution < 1.29 is 4.79 Å². The van der Waals surface area contributed by atoms with Crippen molar-refractivity contribution in [2.45, 2.75) is 6.42 Å². The topological polar surface area (TPSA) is 67.5 Å². The average molecular weight is 291 g/mol. The number of amides is 1. The second-order valence-electron chi connectivity index (χ2n) is 5.06. The second-order valence-corrected chi connectivity index (χ2v) is 5.06. The molecule has 4 heteroatoms. The van der Waals surface area contributed by atoms with Gasteiger partial charge in [-0.3, -0.25) is 4.79 Å². The molecular formula is C18H17N3O. The van der Waals surface area contributed by atoms with Crippen LogP contribution in [0.15, 0.2) is 59.7 Å². The fourth-order valence-corrected chi connectivity index (χ4v) is 2.54. The lowest BCUT2D eigenvalue weighted by Crippen LogP contribution is -2.20. The van der Waals surface area contributed by atoms with E-state index in [9.17, 15) is 4.79 Å². The van der Waals surface area contributed by atoms with Gasteiger partial charge in [0.15, 0.2) is 0 Å². The molecule has 1 amide bonds. The van der Waals surface area contributed by atoms with Crippen LogP contribution in [-0.4, -0.2) is 18.7 Å². The number of rotatable bonds is 4. The normalized spacial score (nSPS) is 11.3. The molecule has 0 radical (unpaired) electrons. The minimum atomic E-state index is -0.178. The maximum atomic E-state index is 11.5. The van der Waals surface area contributed by atoms with Gasteiger partial charge in [-0.2, -0.15) is 5.10 Å². The van der Waals surface area contributed by atoms with E-state index in [-0.39, 0.29) is 12.3 Å². The predicted molar refractivity (Wildman–Crippen MR) is 90.9 cm³/mol. The molecule has 3 aromatic carbocycles. The van der Waals surface area contributed by atoms with Crippen LogP contribution in [0, 0.1) is 0 Å². The second kappa shape index (κ2) is 6.37. The fraction of sp³-hybridized carbons (Fsp3) is 0.111.